The lowest BCUT2D eigenvalue weighted by Crippen LogP contribution is -2.47. The lowest BCUT2D eigenvalue weighted by atomic mass is 10.0. The Hall–Kier alpha value is -4.75. The van der Waals surface area contributed by atoms with E-state index in [0.717, 1.165) is 35.6 Å². The molecule has 4 N–H and O–H groups in total. The van der Waals surface area contributed by atoms with Crippen molar-refractivity contribution in [2.75, 3.05) is 56.2 Å². The van der Waals surface area contributed by atoms with Gasteiger partial charge in [0.15, 0.2) is 0 Å². The number of ether oxygens (including phenoxy) is 1. The predicted octanol–water partition coefficient (Wildman–Crippen LogP) is 3.55. The molecular formula is C34H39FN6O6. The van der Waals surface area contributed by atoms with E-state index >= 15 is 4.39 Å². The summed E-state index contributed by atoms with van der Waals surface area (Å²) < 4.78 is 22.1. The number of carbonyl (C=O) groups is 1. The van der Waals surface area contributed by atoms with Crippen LogP contribution in [-0.4, -0.2) is 76.4 Å². The average molecular weight is 647 g/mol. The molecule has 248 valence electrons. The van der Waals surface area contributed by atoms with E-state index in [4.69, 9.17) is 4.74 Å². The molecule has 2 aromatic heterocycles. The number of hydrogen-bond donors (Lipinski definition) is 4. The van der Waals surface area contributed by atoms with E-state index in [9.17, 15) is 24.3 Å². The SMILES string of the molecule is CCc1cc(Nc2cc(=O)n(CCOCCN3CCN(c4cc5[nH]c(C6CC6)c(C(=O)O)c(=O)c5cc4F)CC3)c(=O)[nH]2)ccc1C. The fourth-order valence-corrected chi connectivity index (χ4v) is 6.20. The molecule has 12 nitrogen and oxygen atoms in total. The summed E-state index contributed by atoms with van der Waals surface area (Å²) in [5.74, 6) is -1.52. The summed E-state index contributed by atoms with van der Waals surface area (Å²) in [6.45, 7) is 7.91. The Morgan fingerprint density at radius 3 is 2.45 bits per heavy atom. The molecule has 1 saturated heterocycles. The zero-order valence-electron chi connectivity index (χ0n) is 26.5. The molecule has 13 heteroatoms. The summed E-state index contributed by atoms with van der Waals surface area (Å²) in [7, 11) is 0. The van der Waals surface area contributed by atoms with Gasteiger partial charge in [-0.15, -0.1) is 0 Å². The highest BCUT2D eigenvalue weighted by molar-refractivity contribution is 5.95. The summed E-state index contributed by atoms with van der Waals surface area (Å²) in [5, 5.41) is 12.7. The number of H-pyrrole nitrogens is 2. The van der Waals surface area contributed by atoms with Gasteiger partial charge in [0.1, 0.15) is 17.2 Å². The number of rotatable bonds is 12. The number of fused-ring (bicyclic) bond motifs is 1. The van der Waals surface area contributed by atoms with Gasteiger partial charge in [0, 0.05) is 61.5 Å². The molecule has 4 aromatic rings. The maximum Gasteiger partial charge on any atom is 0.341 e. The number of benzene rings is 2. The minimum absolute atomic E-state index is 0.0144. The molecule has 2 aliphatic rings. The molecule has 0 radical (unpaired) electrons. The quantitative estimate of drug-likeness (QED) is 0.169. The molecular weight excluding hydrogens is 607 g/mol. The Bertz CT molecular complexity index is 1960. The van der Waals surface area contributed by atoms with Crippen LogP contribution in [0.3, 0.4) is 0 Å². The van der Waals surface area contributed by atoms with Crippen molar-refractivity contribution in [1.29, 1.82) is 0 Å². The molecule has 47 heavy (non-hydrogen) atoms. The van der Waals surface area contributed by atoms with Crippen molar-refractivity contribution in [3.63, 3.8) is 0 Å². The van der Waals surface area contributed by atoms with Crippen molar-refractivity contribution in [3.05, 3.63) is 95.7 Å². The fourth-order valence-electron chi connectivity index (χ4n) is 6.20. The maximum absolute atomic E-state index is 15.2. The maximum atomic E-state index is 15.2. The zero-order valence-corrected chi connectivity index (χ0v) is 26.5. The Kier molecular flexibility index (Phi) is 9.28. The lowest BCUT2D eigenvalue weighted by molar-refractivity contribution is 0.0694. The standard InChI is InChI=1S/C34H39FN6O6/c1-3-21-16-23(7-4-20(21)2)36-28-19-29(42)41(34(46)38-28)13-15-47-14-12-39-8-10-40(11-9-39)27-18-26-24(17-25(27)35)32(43)30(33(44)45)31(37-26)22-5-6-22/h4,7,16-19,22,36H,3,5-6,8-15H2,1-2H3,(H,37,43)(H,38,46)(H,44,45). The molecule has 1 saturated carbocycles. The molecule has 0 bridgehead atoms. The second-order valence-corrected chi connectivity index (χ2v) is 12.2. The summed E-state index contributed by atoms with van der Waals surface area (Å²) in [4.78, 5) is 59.9. The third-order valence-corrected chi connectivity index (χ3v) is 9.05. The van der Waals surface area contributed by atoms with Gasteiger partial charge in [-0.05, 0) is 61.6 Å². The molecule has 0 spiro atoms. The van der Waals surface area contributed by atoms with E-state index in [1.54, 1.807) is 6.07 Å². The van der Waals surface area contributed by atoms with Crippen molar-refractivity contribution in [3.8, 4) is 0 Å². The van der Waals surface area contributed by atoms with Gasteiger partial charge in [-0.3, -0.25) is 24.0 Å². The number of nitrogens with zero attached hydrogens (tertiary/aromatic N) is 3. The number of halogens is 1. The normalized spacial score (nSPS) is 15.3. The Balaban J connectivity index is 0.993. The van der Waals surface area contributed by atoms with Crippen LogP contribution in [0.25, 0.3) is 10.9 Å². The van der Waals surface area contributed by atoms with Gasteiger partial charge in [0.25, 0.3) is 5.56 Å². The van der Waals surface area contributed by atoms with E-state index in [1.165, 1.54) is 17.2 Å². The predicted molar refractivity (Wildman–Crippen MR) is 178 cm³/mol. The summed E-state index contributed by atoms with van der Waals surface area (Å²) in [6.07, 6.45) is 2.51. The number of carboxylic acid groups (broad SMARTS) is 1. The van der Waals surface area contributed by atoms with Gasteiger partial charge in [0.2, 0.25) is 5.43 Å². The number of aromatic amines is 2. The molecule has 1 aliphatic heterocycles. The topological polar surface area (TPSA) is 153 Å². The number of pyridine rings is 1. The highest BCUT2D eigenvalue weighted by atomic mass is 19.1. The van der Waals surface area contributed by atoms with Crippen LogP contribution < -0.4 is 26.9 Å². The summed E-state index contributed by atoms with van der Waals surface area (Å²) in [5.41, 5.74) is 2.50. The van der Waals surface area contributed by atoms with Gasteiger partial charge >= 0.3 is 11.7 Å². The first kappa shape index (κ1) is 32.2. The Morgan fingerprint density at radius 2 is 1.77 bits per heavy atom. The van der Waals surface area contributed by atoms with Crippen molar-refractivity contribution < 1.29 is 19.0 Å². The van der Waals surface area contributed by atoms with Crippen LogP contribution in [0.5, 0.6) is 0 Å². The second-order valence-electron chi connectivity index (χ2n) is 12.2. The molecule has 0 atom stereocenters. The average Bonchev–Trinajstić information content (AvgIpc) is 3.89. The Labute approximate surface area is 269 Å². The first-order chi connectivity index (χ1) is 22.6. The van der Waals surface area contributed by atoms with Gasteiger partial charge in [-0.1, -0.05) is 13.0 Å². The third kappa shape index (κ3) is 7.00. The van der Waals surface area contributed by atoms with Gasteiger partial charge in [0.05, 0.1) is 31.0 Å². The molecule has 0 amide bonds. The smallest absolute Gasteiger partial charge is 0.341 e. The molecule has 0 unspecified atom stereocenters. The van der Waals surface area contributed by atoms with Crippen LogP contribution >= 0.6 is 0 Å². The molecule has 3 heterocycles. The van der Waals surface area contributed by atoms with Crippen LogP contribution in [0.2, 0.25) is 0 Å². The van der Waals surface area contributed by atoms with Crippen molar-refractivity contribution in [2.45, 2.75) is 45.6 Å². The first-order valence-electron chi connectivity index (χ1n) is 16.0. The van der Waals surface area contributed by atoms with Crippen LogP contribution in [-0.2, 0) is 17.7 Å². The summed E-state index contributed by atoms with van der Waals surface area (Å²) >= 11 is 0. The number of aromatic carboxylic acids is 1. The third-order valence-electron chi connectivity index (χ3n) is 9.05. The van der Waals surface area contributed by atoms with Crippen molar-refractivity contribution >= 4 is 34.1 Å². The number of carboxylic acids is 1. The van der Waals surface area contributed by atoms with E-state index in [1.807, 2.05) is 30.0 Å². The van der Waals surface area contributed by atoms with Gasteiger partial charge < -0.3 is 25.0 Å². The number of aryl methyl sites for hydroxylation is 2. The molecule has 2 fully saturated rings. The molecule has 2 aromatic carbocycles. The number of nitrogens with one attached hydrogen (secondary N) is 3. The Morgan fingerprint density at radius 1 is 1.02 bits per heavy atom. The van der Waals surface area contributed by atoms with Crippen molar-refractivity contribution in [1.82, 2.24) is 19.4 Å². The number of piperazine rings is 1. The minimum atomic E-state index is -1.30. The van der Waals surface area contributed by atoms with Crippen molar-refractivity contribution in [2.24, 2.45) is 0 Å². The van der Waals surface area contributed by atoms with Crippen LogP contribution in [0.1, 0.15) is 52.9 Å². The minimum Gasteiger partial charge on any atom is -0.477 e. The molecule has 6 rings (SSSR count). The van der Waals surface area contributed by atoms with E-state index < -0.39 is 28.5 Å². The van der Waals surface area contributed by atoms with E-state index in [0.29, 0.717) is 62.0 Å². The highest BCUT2D eigenvalue weighted by Gasteiger charge is 2.32. The lowest BCUT2D eigenvalue weighted by Gasteiger charge is -2.36. The number of hydrogen-bond acceptors (Lipinski definition) is 8. The monoisotopic (exact) mass is 646 g/mol. The van der Waals surface area contributed by atoms with Crippen LogP contribution in [0.4, 0.5) is 21.6 Å². The summed E-state index contributed by atoms with van der Waals surface area (Å²) in [6, 6.07) is 10.0. The first-order valence-corrected chi connectivity index (χ1v) is 16.0. The van der Waals surface area contributed by atoms with Crippen LogP contribution in [0, 0.1) is 12.7 Å². The van der Waals surface area contributed by atoms with E-state index in [-0.39, 0.29) is 30.0 Å². The second kappa shape index (κ2) is 13.5. The van der Waals surface area contributed by atoms with Crippen LogP contribution in [0.15, 0.2) is 50.8 Å². The number of anilines is 3. The largest absolute Gasteiger partial charge is 0.477 e. The number of aromatic nitrogens is 3. The highest BCUT2D eigenvalue weighted by Crippen LogP contribution is 2.41. The zero-order chi connectivity index (χ0) is 33.2. The van der Waals surface area contributed by atoms with Gasteiger partial charge in [-0.2, -0.15) is 0 Å². The van der Waals surface area contributed by atoms with E-state index in [2.05, 4.69) is 27.1 Å². The fraction of sp³-hybridized carbons (Fsp3) is 0.412. The molecule has 1 aliphatic carbocycles. The van der Waals surface area contributed by atoms with Gasteiger partial charge in [-0.25, -0.2) is 14.0 Å².